The van der Waals surface area contributed by atoms with Crippen molar-refractivity contribution in [1.29, 1.82) is 0 Å². The zero-order valence-electron chi connectivity index (χ0n) is 31.0. The van der Waals surface area contributed by atoms with E-state index in [0.29, 0.717) is 0 Å². The Bertz CT molecular complexity index is 2700. The molecule has 0 aliphatic heterocycles. The fourth-order valence-electron chi connectivity index (χ4n) is 8.80. The van der Waals surface area contributed by atoms with Crippen LogP contribution in [0.15, 0.2) is 237 Å². The highest BCUT2D eigenvalue weighted by Gasteiger charge is 2.46. The molecule has 0 atom stereocenters. The van der Waals surface area contributed by atoms with Crippen molar-refractivity contribution in [2.75, 3.05) is 4.90 Å². The van der Waals surface area contributed by atoms with Crippen LogP contribution in [0.3, 0.4) is 0 Å². The number of anilines is 3. The van der Waals surface area contributed by atoms with E-state index in [2.05, 4.69) is 241 Å². The van der Waals surface area contributed by atoms with Gasteiger partial charge >= 0.3 is 0 Å². The molecule has 0 N–H and O–H groups in total. The summed E-state index contributed by atoms with van der Waals surface area (Å²) >= 11 is 0. The van der Waals surface area contributed by atoms with Crippen molar-refractivity contribution >= 4 is 17.1 Å². The molecule has 1 aliphatic carbocycles. The predicted molar refractivity (Wildman–Crippen MR) is 235 cm³/mol. The molecule has 0 amide bonds. The Morgan fingerprint density at radius 1 is 0.268 bits per heavy atom. The summed E-state index contributed by atoms with van der Waals surface area (Å²) in [6.45, 7) is 0. The summed E-state index contributed by atoms with van der Waals surface area (Å²) in [4.78, 5) is 2.43. The Kier molecular flexibility index (Phi) is 8.46. The Morgan fingerprint density at radius 3 is 1.23 bits per heavy atom. The predicted octanol–water partition coefficient (Wildman–Crippen LogP) is 14.5. The SMILES string of the molecule is c1ccc(-c2ccc(-c3ccc(N(c4ccccc4)c4cc5c(cc4-c4ccccc4)C(c4ccccc4)(c4ccccc4)c4ccccc4-5)cc3)cc2)cc1. The molecular formula is C55H39N. The first-order valence-corrected chi connectivity index (χ1v) is 19.3. The number of nitrogens with zero attached hydrogens (tertiary/aromatic N) is 1. The van der Waals surface area contributed by atoms with Crippen molar-refractivity contribution in [3.05, 3.63) is 259 Å². The second-order valence-corrected chi connectivity index (χ2v) is 14.5. The van der Waals surface area contributed by atoms with Gasteiger partial charge in [0.2, 0.25) is 0 Å². The average molecular weight is 714 g/mol. The minimum Gasteiger partial charge on any atom is -0.310 e. The Balaban J connectivity index is 1.19. The van der Waals surface area contributed by atoms with Crippen LogP contribution in [0, 0.1) is 0 Å². The summed E-state index contributed by atoms with van der Waals surface area (Å²) in [5, 5.41) is 0. The molecule has 1 nitrogen and oxygen atoms in total. The third kappa shape index (κ3) is 5.65. The maximum absolute atomic E-state index is 2.48. The first-order chi connectivity index (χ1) is 27.8. The van der Waals surface area contributed by atoms with Crippen LogP contribution in [0.1, 0.15) is 22.3 Å². The summed E-state index contributed by atoms with van der Waals surface area (Å²) in [6.07, 6.45) is 0. The van der Waals surface area contributed by atoms with Gasteiger partial charge < -0.3 is 4.90 Å². The summed E-state index contributed by atoms with van der Waals surface area (Å²) in [6, 6.07) is 86.2. The van der Waals surface area contributed by atoms with Gasteiger partial charge in [0.1, 0.15) is 0 Å². The van der Waals surface area contributed by atoms with Gasteiger partial charge in [0.25, 0.3) is 0 Å². The fraction of sp³-hybridized carbons (Fsp3) is 0.0182. The first-order valence-electron chi connectivity index (χ1n) is 19.3. The van der Waals surface area contributed by atoms with Gasteiger partial charge in [0.05, 0.1) is 11.1 Å². The summed E-state index contributed by atoms with van der Waals surface area (Å²) in [5.41, 5.74) is 17.6. The lowest BCUT2D eigenvalue weighted by atomic mass is 9.67. The molecule has 0 spiro atoms. The van der Waals surface area contributed by atoms with Crippen LogP contribution in [0.5, 0.6) is 0 Å². The molecular weight excluding hydrogens is 675 g/mol. The molecule has 9 aromatic carbocycles. The second-order valence-electron chi connectivity index (χ2n) is 14.5. The van der Waals surface area contributed by atoms with Gasteiger partial charge in [0, 0.05) is 16.9 Å². The topological polar surface area (TPSA) is 3.24 Å². The molecule has 56 heavy (non-hydrogen) atoms. The molecule has 264 valence electrons. The van der Waals surface area contributed by atoms with Crippen LogP contribution in [-0.4, -0.2) is 0 Å². The zero-order valence-corrected chi connectivity index (χ0v) is 31.0. The number of rotatable bonds is 8. The van der Waals surface area contributed by atoms with Gasteiger partial charge in [-0.1, -0.05) is 200 Å². The third-order valence-corrected chi connectivity index (χ3v) is 11.4. The third-order valence-electron chi connectivity index (χ3n) is 11.4. The highest BCUT2D eigenvalue weighted by atomic mass is 15.1. The molecule has 0 heterocycles. The van der Waals surface area contributed by atoms with Crippen LogP contribution < -0.4 is 4.90 Å². The molecule has 1 aliphatic rings. The summed E-state index contributed by atoms with van der Waals surface area (Å²) in [7, 11) is 0. The van der Waals surface area contributed by atoms with Crippen LogP contribution in [0.4, 0.5) is 17.1 Å². The normalized spacial score (nSPS) is 12.4. The van der Waals surface area contributed by atoms with Gasteiger partial charge in [-0.3, -0.25) is 0 Å². The van der Waals surface area contributed by atoms with Crippen molar-refractivity contribution in [3.8, 4) is 44.5 Å². The maximum atomic E-state index is 2.48. The van der Waals surface area contributed by atoms with E-state index in [4.69, 9.17) is 0 Å². The van der Waals surface area contributed by atoms with E-state index < -0.39 is 5.41 Å². The zero-order chi connectivity index (χ0) is 37.3. The number of para-hydroxylation sites is 1. The molecule has 0 unspecified atom stereocenters. The number of fused-ring (bicyclic) bond motifs is 3. The molecule has 0 fully saturated rings. The minimum absolute atomic E-state index is 0.494. The number of benzene rings is 9. The lowest BCUT2D eigenvalue weighted by Gasteiger charge is -2.35. The second kappa shape index (κ2) is 14.2. The molecule has 0 saturated carbocycles. The highest BCUT2D eigenvalue weighted by molar-refractivity contribution is 5.96. The van der Waals surface area contributed by atoms with Gasteiger partial charge in [0.15, 0.2) is 0 Å². The average Bonchev–Trinajstić information content (AvgIpc) is 3.58. The summed E-state index contributed by atoms with van der Waals surface area (Å²) < 4.78 is 0. The Hall–Kier alpha value is -7.22. The van der Waals surface area contributed by atoms with E-state index in [1.54, 1.807) is 0 Å². The molecule has 1 heteroatoms. The van der Waals surface area contributed by atoms with Gasteiger partial charge in [-0.05, 0) is 97.6 Å². The smallest absolute Gasteiger partial charge is 0.0713 e. The van der Waals surface area contributed by atoms with Crippen molar-refractivity contribution < 1.29 is 0 Å². The van der Waals surface area contributed by atoms with E-state index in [1.165, 1.54) is 66.8 Å². The van der Waals surface area contributed by atoms with Crippen molar-refractivity contribution in [2.45, 2.75) is 5.41 Å². The van der Waals surface area contributed by atoms with Gasteiger partial charge in [-0.25, -0.2) is 0 Å². The standard InChI is InChI=1S/C55H39N/c1-6-18-40(19-7-1)41-30-32-42(33-31-41)43-34-36-48(37-35-43)56(47-26-14-5-15-27-47)54-39-51-49-28-16-17-29-52(49)55(45-22-10-3-11-23-45,46-24-12-4-13-25-46)53(51)38-50(54)44-20-8-2-9-21-44/h1-39H. The largest absolute Gasteiger partial charge is 0.310 e. The maximum Gasteiger partial charge on any atom is 0.0713 e. The van der Waals surface area contributed by atoms with Crippen molar-refractivity contribution in [3.63, 3.8) is 0 Å². The van der Waals surface area contributed by atoms with Crippen LogP contribution in [-0.2, 0) is 5.41 Å². The van der Waals surface area contributed by atoms with Crippen LogP contribution in [0.2, 0.25) is 0 Å². The molecule has 0 radical (unpaired) electrons. The van der Waals surface area contributed by atoms with Gasteiger partial charge in [-0.15, -0.1) is 0 Å². The summed E-state index contributed by atoms with van der Waals surface area (Å²) in [5.74, 6) is 0. The van der Waals surface area contributed by atoms with E-state index in [1.807, 2.05) is 0 Å². The van der Waals surface area contributed by atoms with E-state index >= 15 is 0 Å². The first kappa shape index (κ1) is 33.4. The van der Waals surface area contributed by atoms with E-state index in [-0.39, 0.29) is 0 Å². The van der Waals surface area contributed by atoms with Crippen molar-refractivity contribution in [1.82, 2.24) is 0 Å². The van der Waals surface area contributed by atoms with Crippen molar-refractivity contribution in [2.24, 2.45) is 0 Å². The monoisotopic (exact) mass is 713 g/mol. The van der Waals surface area contributed by atoms with E-state index in [0.717, 1.165) is 17.1 Å². The molecule has 0 bridgehead atoms. The number of hydrogen-bond acceptors (Lipinski definition) is 1. The molecule has 0 saturated heterocycles. The molecule has 9 aromatic rings. The van der Waals surface area contributed by atoms with Gasteiger partial charge in [-0.2, -0.15) is 0 Å². The number of hydrogen-bond donors (Lipinski definition) is 0. The van der Waals surface area contributed by atoms with Crippen LogP contribution in [0.25, 0.3) is 44.5 Å². The fourth-order valence-corrected chi connectivity index (χ4v) is 8.80. The lowest BCUT2D eigenvalue weighted by Crippen LogP contribution is -2.28. The lowest BCUT2D eigenvalue weighted by molar-refractivity contribution is 0.769. The van der Waals surface area contributed by atoms with Crippen LogP contribution >= 0.6 is 0 Å². The molecule has 0 aromatic heterocycles. The highest BCUT2D eigenvalue weighted by Crippen LogP contribution is 2.58. The Morgan fingerprint density at radius 2 is 0.679 bits per heavy atom. The molecule has 10 rings (SSSR count). The minimum atomic E-state index is -0.494. The van der Waals surface area contributed by atoms with E-state index in [9.17, 15) is 0 Å². The Labute approximate surface area is 329 Å². The quantitative estimate of drug-likeness (QED) is 0.152.